The van der Waals surface area contributed by atoms with Crippen LogP contribution in [-0.4, -0.2) is 65.5 Å². The van der Waals surface area contributed by atoms with E-state index in [1.54, 1.807) is 6.92 Å². The van der Waals surface area contributed by atoms with E-state index in [0.29, 0.717) is 37.3 Å². The Labute approximate surface area is 325 Å². The minimum absolute atomic E-state index is 0.0517. The summed E-state index contributed by atoms with van der Waals surface area (Å²) in [5.74, 6) is -1.51. The van der Waals surface area contributed by atoms with Gasteiger partial charge in [-0.15, -0.1) is 0 Å². The number of likely N-dealkylation sites (tertiary alicyclic amines) is 1. The number of nitrogens with zero attached hydrogens (tertiary/aromatic N) is 2. The number of carbonyl (C=O) groups excluding carboxylic acids is 3. The van der Waals surface area contributed by atoms with Crippen LogP contribution in [0.3, 0.4) is 0 Å². The minimum atomic E-state index is -4.57. The monoisotopic (exact) mass is 855 g/mol. The summed E-state index contributed by atoms with van der Waals surface area (Å²) in [5, 5.41) is 3.40. The number of benzene rings is 2. The number of nitrogens with two attached hydrogens (primary N) is 1. The van der Waals surface area contributed by atoms with Crippen LogP contribution in [0.4, 0.5) is 18.9 Å². The van der Waals surface area contributed by atoms with Crippen molar-refractivity contribution in [3.8, 4) is 5.19 Å². The largest absolute Gasteiger partial charge is 0.465 e. The van der Waals surface area contributed by atoms with Crippen LogP contribution in [0.1, 0.15) is 83.6 Å². The van der Waals surface area contributed by atoms with Gasteiger partial charge in [0.15, 0.2) is 0 Å². The Balaban J connectivity index is 1.04. The Morgan fingerprint density at radius 1 is 1.09 bits per heavy atom. The van der Waals surface area contributed by atoms with Crippen molar-refractivity contribution in [1.29, 1.82) is 0 Å². The summed E-state index contributed by atoms with van der Waals surface area (Å²) in [7, 11) is -3.66. The number of carbonyl (C=O) groups is 3. The van der Waals surface area contributed by atoms with Crippen molar-refractivity contribution in [3.05, 3.63) is 52.5 Å². The molecule has 2 aromatic carbocycles. The summed E-state index contributed by atoms with van der Waals surface area (Å²) in [4.78, 5) is 45.2. The first-order valence-corrected chi connectivity index (χ1v) is 21.4. The zero-order valence-electron chi connectivity index (χ0n) is 30.0. The predicted molar refractivity (Wildman–Crippen MR) is 203 cm³/mol. The van der Waals surface area contributed by atoms with Crippen LogP contribution in [0, 0.1) is 17.8 Å². The number of hydrogen-bond acceptors (Lipinski definition) is 9. The fraction of sp³-hybridized carbons (Fsp3) is 0.568. The average Bonchev–Trinajstić information content (AvgIpc) is 3.99. The van der Waals surface area contributed by atoms with Gasteiger partial charge in [0, 0.05) is 22.5 Å². The maximum absolute atomic E-state index is 14.1. The second-order valence-corrected chi connectivity index (χ2v) is 19.3. The molecule has 4 N–H and O–H groups in total. The zero-order chi connectivity index (χ0) is 39.0. The van der Waals surface area contributed by atoms with Crippen LogP contribution in [0.25, 0.3) is 10.2 Å². The Bertz CT molecular complexity index is 1990. The second kappa shape index (κ2) is 16.0. The number of ether oxygens (including phenoxy) is 1. The third kappa shape index (κ3) is 9.49. The van der Waals surface area contributed by atoms with Crippen LogP contribution in [-0.2, 0) is 30.6 Å². The first kappa shape index (κ1) is 40.2. The number of anilines is 1. The molecule has 0 radical (unpaired) electrons. The molecule has 0 bridgehead atoms. The number of halogens is 4. The Hall–Kier alpha value is -3.44. The van der Waals surface area contributed by atoms with Gasteiger partial charge in [0.05, 0.1) is 27.1 Å². The first-order chi connectivity index (χ1) is 25.4. The highest BCUT2D eigenvalue weighted by atomic mass is 79.9. The van der Waals surface area contributed by atoms with Crippen LogP contribution in [0.5, 0.6) is 5.19 Å². The molecule has 2 saturated carbocycles. The lowest BCUT2D eigenvalue weighted by Crippen LogP contribution is -2.49. The molecule has 1 aromatic heterocycles. The van der Waals surface area contributed by atoms with E-state index in [9.17, 15) is 36.0 Å². The number of aromatic nitrogens is 1. The van der Waals surface area contributed by atoms with Crippen molar-refractivity contribution >= 4 is 70.9 Å². The normalized spacial score (nSPS) is 23.1. The topological polar surface area (TPSA) is 161 Å². The lowest BCUT2D eigenvalue weighted by atomic mass is 9.96. The molecule has 3 aliphatic rings. The molecule has 2 aliphatic carbocycles. The quantitative estimate of drug-likeness (QED) is 0.122. The molecule has 3 amide bonds. The lowest BCUT2D eigenvalue weighted by molar-refractivity contribution is -0.138. The number of fused-ring (bicyclic) bond motifs is 1. The fourth-order valence-corrected chi connectivity index (χ4v) is 9.95. The zero-order valence-corrected chi connectivity index (χ0v) is 33.3. The number of unbranched alkanes of at least 4 members (excludes halogenated alkanes) is 3. The minimum Gasteiger partial charge on any atom is -0.465 e. The molecule has 17 heteroatoms. The smallest absolute Gasteiger partial charge is 0.416 e. The Morgan fingerprint density at radius 2 is 1.81 bits per heavy atom. The van der Waals surface area contributed by atoms with E-state index in [4.69, 9.17) is 10.5 Å². The summed E-state index contributed by atoms with van der Waals surface area (Å²) in [6.45, 7) is 3.77. The average molecular weight is 857 g/mol. The molecule has 1 saturated heterocycles. The number of primary amides is 1. The van der Waals surface area contributed by atoms with Crippen LogP contribution >= 0.6 is 27.3 Å². The maximum Gasteiger partial charge on any atom is 0.416 e. The fourth-order valence-electron chi connectivity index (χ4n) is 7.21. The van der Waals surface area contributed by atoms with Gasteiger partial charge < -0.3 is 20.7 Å². The lowest BCUT2D eigenvalue weighted by Gasteiger charge is -2.28. The third-order valence-corrected chi connectivity index (χ3v) is 14.5. The van der Waals surface area contributed by atoms with E-state index >= 15 is 0 Å². The van der Waals surface area contributed by atoms with Gasteiger partial charge in [-0.2, -0.15) is 13.2 Å². The number of rotatable bonds is 17. The first-order valence-electron chi connectivity index (χ1n) is 18.3. The molecular formula is C37H45BrF3N5O6S2. The van der Waals surface area contributed by atoms with Crippen molar-refractivity contribution < 1.29 is 40.7 Å². The second-order valence-electron chi connectivity index (χ2n) is 15.1. The standard InChI is InChI=1S/C37H45BrF3N5O6S2/c1-21(26-19-27(26)33(48)45-54(50,51)36(2)14-15-36)8-5-3-4-6-11-29(43-24-10-7-9-22(16-24)37(39,40)41)34(49)46-20-25(18-30(46)32(42)47)52-35-44-28-13-12-23(38)17-31(28)53-35/h7,9-10,12-13,16-17,21,25-27,29-30,43H,3-6,8,11,14-15,18-20H2,1-2H3,(H2,42,47)(H,45,48)/t21?,25?,26-,27-,29?,30-/m0/s1. The molecule has 294 valence electrons. The molecule has 0 spiro atoms. The highest BCUT2D eigenvalue weighted by Crippen LogP contribution is 2.47. The van der Waals surface area contributed by atoms with Gasteiger partial charge in [0.1, 0.15) is 18.2 Å². The molecule has 3 unspecified atom stereocenters. The van der Waals surface area contributed by atoms with Crippen LogP contribution < -0.4 is 20.5 Å². The SMILES string of the molecule is CC(CCCCCCC(Nc1cccc(C(F)(F)F)c1)C(=O)N1CC(Oc2nc3ccc(Br)cc3s2)C[C@H]1C(N)=O)[C@@H]1C[C@@H]1C(=O)NS(=O)(=O)C1(C)CC1. The van der Waals surface area contributed by atoms with Crippen LogP contribution in [0.2, 0.25) is 0 Å². The molecule has 2 heterocycles. The van der Waals surface area contributed by atoms with Crippen molar-refractivity contribution in [2.75, 3.05) is 11.9 Å². The Morgan fingerprint density at radius 3 is 2.50 bits per heavy atom. The number of nitrogens with one attached hydrogen (secondary N) is 2. The highest BCUT2D eigenvalue weighted by molar-refractivity contribution is 9.10. The summed E-state index contributed by atoms with van der Waals surface area (Å²) < 4.78 is 74.9. The third-order valence-electron chi connectivity index (χ3n) is 10.9. The van der Waals surface area contributed by atoms with Crippen molar-refractivity contribution in [3.63, 3.8) is 0 Å². The summed E-state index contributed by atoms with van der Waals surface area (Å²) in [5.41, 5.74) is 5.77. The molecular weight excluding hydrogens is 811 g/mol. The van der Waals surface area contributed by atoms with Crippen molar-refractivity contribution in [2.45, 2.75) is 107 Å². The molecule has 6 atom stereocenters. The number of thiazole rings is 1. The van der Waals surface area contributed by atoms with E-state index in [1.165, 1.54) is 28.4 Å². The van der Waals surface area contributed by atoms with Gasteiger partial charge >= 0.3 is 6.18 Å². The number of alkyl halides is 3. The molecule has 1 aliphatic heterocycles. The Kier molecular flexibility index (Phi) is 11.9. The van der Waals surface area contributed by atoms with E-state index < -0.39 is 62.4 Å². The molecule has 6 rings (SSSR count). The van der Waals surface area contributed by atoms with Gasteiger partial charge in [-0.3, -0.25) is 19.1 Å². The number of amides is 3. The number of hydrogen-bond donors (Lipinski definition) is 3. The van der Waals surface area contributed by atoms with E-state index in [1.807, 2.05) is 18.2 Å². The predicted octanol–water partition coefficient (Wildman–Crippen LogP) is 7.00. The summed E-state index contributed by atoms with van der Waals surface area (Å²) >= 11 is 4.78. The van der Waals surface area contributed by atoms with Gasteiger partial charge in [-0.05, 0) is 80.8 Å². The van der Waals surface area contributed by atoms with Crippen molar-refractivity contribution in [2.24, 2.45) is 23.5 Å². The molecule has 54 heavy (non-hydrogen) atoms. The van der Waals surface area contributed by atoms with Crippen molar-refractivity contribution in [1.82, 2.24) is 14.6 Å². The summed E-state index contributed by atoms with van der Waals surface area (Å²) in [6, 6.07) is 8.38. The van der Waals surface area contributed by atoms with E-state index in [-0.39, 0.29) is 36.4 Å². The molecule has 3 aromatic rings. The number of sulfonamides is 1. The highest BCUT2D eigenvalue weighted by Gasteiger charge is 2.53. The van der Waals surface area contributed by atoms with Gasteiger partial charge in [-0.1, -0.05) is 72.4 Å². The maximum atomic E-state index is 14.1. The molecule has 3 fully saturated rings. The van der Waals surface area contributed by atoms with E-state index in [0.717, 1.165) is 52.5 Å². The van der Waals surface area contributed by atoms with E-state index in [2.05, 4.69) is 37.9 Å². The van der Waals surface area contributed by atoms with Gasteiger partial charge in [-0.25, -0.2) is 13.4 Å². The molecule has 11 nitrogen and oxygen atoms in total. The van der Waals surface area contributed by atoms with Gasteiger partial charge in [0.2, 0.25) is 27.7 Å². The van der Waals surface area contributed by atoms with Gasteiger partial charge in [0.25, 0.3) is 5.19 Å². The van der Waals surface area contributed by atoms with Crippen LogP contribution in [0.15, 0.2) is 46.9 Å². The summed E-state index contributed by atoms with van der Waals surface area (Å²) in [6.07, 6.45) is 0.939.